The van der Waals surface area contributed by atoms with Gasteiger partial charge < -0.3 is 4.74 Å². The van der Waals surface area contributed by atoms with Gasteiger partial charge in [0.1, 0.15) is 11.2 Å². The fourth-order valence-electron chi connectivity index (χ4n) is 2.48. The van der Waals surface area contributed by atoms with E-state index >= 15 is 0 Å². The first-order valence-electron chi connectivity index (χ1n) is 8.23. The lowest BCUT2D eigenvalue weighted by molar-refractivity contribution is -0.117. The number of thiophene rings is 1. The van der Waals surface area contributed by atoms with Crippen molar-refractivity contribution in [1.29, 1.82) is 0 Å². The highest BCUT2D eigenvalue weighted by atomic mass is 32.1. The normalized spacial score (nSPS) is 11.1. The molecule has 0 saturated carbocycles. The minimum Gasteiger partial charge on any atom is -0.484 e. The summed E-state index contributed by atoms with van der Waals surface area (Å²) in [4.78, 5) is 32.9. The van der Waals surface area contributed by atoms with E-state index in [0.29, 0.717) is 16.4 Å². The molecule has 3 aromatic heterocycles. The smallest absolute Gasteiger partial charge is 0.285 e. The maximum absolute atomic E-state index is 12.8. The molecule has 0 fully saturated rings. The summed E-state index contributed by atoms with van der Waals surface area (Å²) in [6.07, 6.45) is 3.05. The van der Waals surface area contributed by atoms with Gasteiger partial charge in [-0.1, -0.05) is 25.2 Å². The molecule has 8 nitrogen and oxygen atoms in total. The molecule has 1 amide bonds. The van der Waals surface area contributed by atoms with E-state index in [0.717, 1.165) is 11.1 Å². The zero-order valence-corrected chi connectivity index (χ0v) is 15.5. The summed E-state index contributed by atoms with van der Waals surface area (Å²) >= 11 is 1.27. The van der Waals surface area contributed by atoms with Crippen LogP contribution < -0.4 is 15.6 Å². The van der Waals surface area contributed by atoms with Gasteiger partial charge >= 0.3 is 0 Å². The van der Waals surface area contributed by atoms with Gasteiger partial charge in [-0.05, 0) is 18.9 Å². The van der Waals surface area contributed by atoms with Crippen LogP contribution in [0.15, 0.2) is 29.3 Å². The van der Waals surface area contributed by atoms with Gasteiger partial charge in [-0.15, -0.1) is 0 Å². The Bertz CT molecular complexity index is 981. The first kappa shape index (κ1) is 18.0. The Hall–Kier alpha value is -2.81. The van der Waals surface area contributed by atoms with Crippen LogP contribution in [0.4, 0.5) is 5.95 Å². The number of rotatable bonds is 6. The molecule has 0 bridgehead atoms. The molecule has 0 spiro atoms. The second-order valence-electron chi connectivity index (χ2n) is 5.86. The number of amides is 1. The third kappa shape index (κ3) is 3.72. The van der Waals surface area contributed by atoms with Crippen LogP contribution in [0.1, 0.15) is 32.4 Å². The Balaban J connectivity index is 1.96. The fourth-order valence-corrected chi connectivity index (χ4v) is 3.50. The number of ether oxygens (including phenoxy) is 1. The van der Waals surface area contributed by atoms with Gasteiger partial charge in [0, 0.05) is 23.8 Å². The third-order valence-electron chi connectivity index (χ3n) is 3.59. The lowest BCUT2D eigenvalue weighted by Crippen LogP contribution is -2.30. The van der Waals surface area contributed by atoms with E-state index < -0.39 is 5.91 Å². The van der Waals surface area contributed by atoms with Crippen molar-refractivity contribution in [3.63, 3.8) is 0 Å². The van der Waals surface area contributed by atoms with Gasteiger partial charge in [0.25, 0.3) is 5.56 Å². The van der Waals surface area contributed by atoms with Crippen LogP contribution >= 0.6 is 11.3 Å². The SMILES string of the molecule is CCOc1cc2c(C(C)C)nn(CC(=O)Nc3ncccn3)c(=O)c2s1. The molecule has 0 aliphatic rings. The van der Waals surface area contributed by atoms with Gasteiger partial charge in [0.05, 0.1) is 12.3 Å². The van der Waals surface area contributed by atoms with Crippen molar-refractivity contribution in [2.75, 3.05) is 11.9 Å². The summed E-state index contributed by atoms with van der Waals surface area (Å²) in [7, 11) is 0. The molecule has 0 aliphatic carbocycles. The molecule has 0 aromatic carbocycles. The Labute approximate surface area is 153 Å². The number of nitrogens with one attached hydrogen (secondary N) is 1. The number of carbonyl (C=O) groups is 1. The molecular formula is C17H19N5O3S. The van der Waals surface area contributed by atoms with Crippen molar-refractivity contribution in [3.05, 3.63) is 40.6 Å². The van der Waals surface area contributed by atoms with E-state index in [4.69, 9.17) is 4.74 Å². The molecule has 0 saturated heterocycles. The minimum atomic E-state index is -0.415. The molecule has 136 valence electrons. The number of hydrogen-bond donors (Lipinski definition) is 1. The third-order valence-corrected chi connectivity index (χ3v) is 4.62. The molecular weight excluding hydrogens is 354 g/mol. The molecule has 3 aromatic rings. The van der Waals surface area contributed by atoms with Crippen LogP contribution in [0, 0.1) is 0 Å². The van der Waals surface area contributed by atoms with Crippen molar-refractivity contribution in [2.24, 2.45) is 0 Å². The average molecular weight is 373 g/mol. The van der Waals surface area contributed by atoms with Crippen LogP contribution in [0.25, 0.3) is 10.1 Å². The van der Waals surface area contributed by atoms with E-state index in [1.807, 2.05) is 26.8 Å². The predicted molar refractivity (Wildman–Crippen MR) is 99.8 cm³/mol. The van der Waals surface area contributed by atoms with E-state index in [1.165, 1.54) is 28.4 Å². The largest absolute Gasteiger partial charge is 0.484 e. The topological polar surface area (TPSA) is 99.0 Å². The molecule has 0 atom stereocenters. The summed E-state index contributed by atoms with van der Waals surface area (Å²) in [5.74, 6) is -0.138. The molecule has 0 unspecified atom stereocenters. The number of fused-ring (bicyclic) bond motifs is 1. The standard InChI is InChI=1S/C17H19N5O3S/c1-4-25-13-8-11-14(10(2)3)21-22(16(24)15(11)26-13)9-12(23)20-17-18-6-5-7-19-17/h5-8,10H,4,9H2,1-3H3,(H,18,19,20,23). The van der Waals surface area contributed by atoms with Crippen molar-refractivity contribution in [3.8, 4) is 5.06 Å². The number of carbonyl (C=O) groups excluding carboxylic acids is 1. The number of anilines is 1. The second kappa shape index (κ2) is 7.61. The Morgan fingerprint density at radius 3 is 2.73 bits per heavy atom. The van der Waals surface area contributed by atoms with Crippen LogP contribution in [0.5, 0.6) is 5.06 Å². The van der Waals surface area contributed by atoms with Crippen molar-refractivity contribution >= 4 is 33.3 Å². The number of aromatic nitrogens is 4. The van der Waals surface area contributed by atoms with Gasteiger partial charge in [-0.3, -0.25) is 14.9 Å². The van der Waals surface area contributed by atoms with E-state index in [1.54, 1.807) is 6.07 Å². The number of nitrogens with zero attached hydrogens (tertiary/aromatic N) is 4. The first-order chi connectivity index (χ1) is 12.5. The second-order valence-corrected chi connectivity index (χ2v) is 6.88. The maximum Gasteiger partial charge on any atom is 0.285 e. The van der Waals surface area contributed by atoms with Gasteiger partial charge in [-0.25, -0.2) is 14.6 Å². The quantitative estimate of drug-likeness (QED) is 0.712. The van der Waals surface area contributed by atoms with Crippen LogP contribution in [-0.4, -0.2) is 32.3 Å². The average Bonchev–Trinajstić information content (AvgIpc) is 3.02. The zero-order valence-electron chi connectivity index (χ0n) is 14.7. The molecule has 26 heavy (non-hydrogen) atoms. The summed E-state index contributed by atoms with van der Waals surface area (Å²) < 4.78 is 7.25. The summed E-state index contributed by atoms with van der Waals surface area (Å²) in [6, 6.07) is 3.49. The first-order valence-corrected chi connectivity index (χ1v) is 9.05. The lowest BCUT2D eigenvalue weighted by Gasteiger charge is -2.10. The Kier molecular flexibility index (Phi) is 5.27. The minimum absolute atomic E-state index is 0.0916. The zero-order chi connectivity index (χ0) is 18.7. The molecule has 9 heteroatoms. The van der Waals surface area contributed by atoms with Crippen LogP contribution in [0.3, 0.4) is 0 Å². The highest BCUT2D eigenvalue weighted by Crippen LogP contribution is 2.33. The van der Waals surface area contributed by atoms with E-state index in [2.05, 4.69) is 20.4 Å². The van der Waals surface area contributed by atoms with Gasteiger partial charge in [0.15, 0.2) is 5.06 Å². The van der Waals surface area contributed by atoms with Crippen molar-refractivity contribution < 1.29 is 9.53 Å². The predicted octanol–water partition coefficient (Wildman–Crippen LogP) is 2.41. The molecule has 3 rings (SSSR count). The molecule has 0 radical (unpaired) electrons. The highest BCUT2D eigenvalue weighted by molar-refractivity contribution is 7.20. The van der Waals surface area contributed by atoms with Crippen LogP contribution in [-0.2, 0) is 11.3 Å². The summed E-state index contributed by atoms with van der Waals surface area (Å²) in [5.41, 5.74) is 0.440. The molecule has 0 aliphatic heterocycles. The monoisotopic (exact) mass is 373 g/mol. The summed E-state index contributed by atoms with van der Waals surface area (Å²) in [6.45, 7) is 6.18. The van der Waals surface area contributed by atoms with Crippen LogP contribution in [0.2, 0.25) is 0 Å². The van der Waals surface area contributed by atoms with Gasteiger partial charge in [-0.2, -0.15) is 5.10 Å². The van der Waals surface area contributed by atoms with Crippen molar-refractivity contribution in [2.45, 2.75) is 33.2 Å². The molecule has 1 N–H and O–H groups in total. The maximum atomic E-state index is 12.8. The summed E-state index contributed by atoms with van der Waals surface area (Å²) in [5, 5.41) is 8.42. The van der Waals surface area contributed by atoms with E-state index in [-0.39, 0.29) is 24.0 Å². The molecule has 3 heterocycles. The lowest BCUT2D eigenvalue weighted by atomic mass is 10.1. The Morgan fingerprint density at radius 2 is 2.08 bits per heavy atom. The Morgan fingerprint density at radius 1 is 1.35 bits per heavy atom. The number of hydrogen-bond acceptors (Lipinski definition) is 7. The fraction of sp³-hybridized carbons (Fsp3) is 0.353. The van der Waals surface area contributed by atoms with Gasteiger partial charge in [0.2, 0.25) is 11.9 Å². The van der Waals surface area contributed by atoms with E-state index in [9.17, 15) is 9.59 Å². The highest BCUT2D eigenvalue weighted by Gasteiger charge is 2.18. The van der Waals surface area contributed by atoms with Crippen molar-refractivity contribution in [1.82, 2.24) is 19.7 Å².